The summed E-state index contributed by atoms with van der Waals surface area (Å²) in [6, 6.07) is 11.0. The van der Waals surface area contributed by atoms with Crippen molar-refractivity contribution >= 4 is 17.5 Å². The number of anilines is 1. The van der Waals surface area contributed by atoms with Crippen LogP contribution in [0.5, 0.6) is 11.5 Å². The number of fused-ring (bicyclic) bond motifs is 2. The smallest absolute Gasteiger partial charge is 0.263 e. The van der Waals surface area contributed by atoms with Crippen LogP contribution >= 0.6 is 0 Å². The number of imide groups is 1. The summed E-state index contributed by atoms with van der Waals surface area (Å²) in [5.74, 6) is 1.44. The predicted octanol–water partition coefficient (Wildman–Crippen LogP) is 3.08. The molecule has 1 aromatic heterocycles. The Morgan fingerprint density at radius 2 is 1.82 bits per heavy atom. The SMILES string of the molecule is CC(C)c1ccc(N2C(=O)[C@H]3N=NN(Cc4nc(-c5ccc6c(c5)OCO6)no4)[C@H]3C2=O)cc1. The molecule has 6 rings (SSSR count). The maximum Gasteiger partial charge on any atom is 0.263 e. The van der Waals surface area contributed by atoms with Crippen LogP contribution in [0.4, 0.5) is 5.69 Å². The van der Waals surface area contributed by atoms with Gasteiger partial charge in [-0.15, -0.1) is 0 Å². The van der Waals surface area contributed by atoms with E-state index in [1.807, 2.05) is 12.1 Å². The van der Waals surface area contributed by atoms with E-state index in [1.165, 1.54) is 9.91 Å². The molecule has 2 amide bonds. The zero-order valence-corrected chi connectivity index (χ0v) is 18.4. The Morgan fingerprint density at radius 1 is 1.03 bits per heavy atom. The van der Waals surface area contributed by atoms with Crippen LogP contribution in [0.25, 0.3) is 11.4 Å². The average Bonchev–Trinajstić information content (AvgIpc) is 3.61. The van der Waals surface area contributed by atoms with Crippen molar-refractivity contribution in [1.82, 2.24) is 15.1 Å². The highest BCUT2D eigenvalue weighted by molar-refractivity contribution is 6.25. The number of nitrogens with zero attached hydrogens (tertiary/aromatic N) is 6. The molecule has 34 heavy (non-hydrogen) atoms. The van der Waals surface area contributed by atoms with Crippen molar-refractivity contribution in [3.8, 4) is 22.9 Å². The molecule has 1 saturated heterocycles. The van der Waals surface area contributed by atoms with Gasteiger partial charge in [0.1, 0.15) is 6.54 Å². The first-order chi connectivity index (χ1) is 16.5. The van der Waals surface area contributed by atoms with E-state index in [9.17, 15) is 9.59 Å². The highest BCUT2D eigenvalue weighted by atomic mass is 16.7. The van der Waals surface area contributed by atoms with Gasteiger partial charge in [0.25, 0.3) is 11.8 Å². The minimum Gasteiger partial charge on any atom is -0.454 e. The summed E-state index contributed by atoms with van der Waals surface area (Å²) in [6.45, 7) is 4.38. The minimum absolute atomic E-state index is 0.0430. The normalized spacial score (nSPS) is 20.7. The number of carbonyl (C=O) groups excluding carboxylic acids is 2. The number of amides is 2. The van der Waals surface area contributed by atoms with Crippen LogP contribution in [0.15, 0.2) is 57.3 Å². The quantitative estimate of drug-likeness (QED) is 0.532. The molecule has 0 unspecified atom stereocenters. The molecular weight excluding hydrogens is 440 g/mol. The van der Waals surface area contributed by atoms with E-state index in [4.69, 9.17) is 14.0 Å². The van der Waals surface area contributed by atoms with Gasteiger partial charge in [-0.3, -0.25) is 14.6 Å². The van der Waals surface area contributed by atoms with E-state index in [0.29, 0.717) is 34.5 Å². The lowest BCUT2D eigenvalue weighted by Crippen LogP contribution is -2.39. The van der Waals surface area contributed by atoms with E-state index >= 15 is 0 Å². The summed E-state index contributed by atoms with van der Waals surface area (Å²) in [7, 11) is 0. The molecule has 11 heteroatoms. The number of aromatic nitrogens is 2. The third-order valence-electron chi connectivity index (χ3n) is 6.07. The van der Waals surface area contributed by atoms with Crippen LogP contribution in [-0.4, -0.2) is 45.8 Å². The fourth-order valence-electron chi connectivity index (χ4n) is 4.23. The van der Waals surface area contributed by atoms with Crippen molar-refractivity contribution in [2.24, 2.45) is 10.3 Å². The van der Waals surface area contributed by atoms with E-state index in [2.05, 4.69) is 34.3 Å². The highest BCUT2D eigenvalue weighted by Crippen LogP contribution is 2.36. The van der Waals surface area contributed by atoms with Crippen LogP contribution in [-0.2, 0) is 16.1 Å². The molecule has 3 aliphatic rings. The van der Waals surface area contributed by atoms with Gasteiger partial charge in [-0.1, -0.05) is 36.4 Å². The summed E-state index contributed by atoms with van der Waals surface area (Å²) in [5.41, 5.74) is 2.34. The number of benzene rings is 2. The van der Waals surface area contributed by atoms with Gasteiger partial charge in [-0.25, -0.2) is 4.90 Å². The molecule has 2 aromatic carbocycles. The topological polar surface area (TPSA) is 123 Å². The molecule has 2 atom stereocenters. The summed E-state index contributed by atoms with van der Waals surface area (Å²) in [6.07, 6.45) is 0. The molecule has 172 valence electrons. The maximum atomic E-state index is 13.2. The van der Waals surface area contributed by atoms with Crippen LogP contribution in [0.2, 0.25) is 0 Å². The van der Waals surface area contributed by atoms with E-state index in [0.717, 1.165) is 5.56 Å². The van der Waals surface area contributed by atoms with E-state index < -0.39 is 18.0 Å². The molecule has 11 nitrogen and oxygen atoms in total. The van der Waals surface area contributed by atoms with Crippen molar-refractivity contribution < 1.29 is 23.6 Å². The zero-order valence-electron chi connectivity index (χ0n) is 18.4. The van der Waals surface area contributed by atoms with Crippen molar-refractivity contribution in [3.63, 3.8) is 0 Å². The van der Waals surface area contributed by atoms with Gasteiger partial charge in [0.05, 0.1) is 5.69 Å². The number of hydrogen-bond donors (Lipinski definition) is 0. The zero-order chi connectivity index (χ0) is 23.4. The van der Waals surface area contributed by atoms with Crippen molar-refractivity contribution in [2.45, 2.75) is 38.4 Å². The molecule has 3 aliphatic heterocycles. The lowest BCUT2D eigenvalue weighted by Gasteiger charge is -2.19. The Balaban J connectivity index is 1.20. The van der Waals surface area contributed by atoms with Gasteiger partial charge in [0.15, 0.2) is 23.6 Å². The van der Waals surface area contributed by atoms with Gasteiger partial charge in [-0.05, 0) is 41.8 Å². The van der Waals surface area contributed by atoms with Crippen molar-refractivity contribution in [2.75, 3.05) is 11.7 Å². The molecular formula is C23H20N6O5. The lowest BCUT2D eigenvalue weighted by atomic mass is 10.0. The van der Waals surface area contributed by atoms with Gasteiger partial charge in [0.2, 0.25) is 18.5 Å². The summed E-state index contributed by atoms with van der Waals surface area (Å²) >= 11 is 0. The van der Waals surface area contributed by atoms with E-state index in [1.54, 1.807) is 30.3 Å². The largest absolute Gasteiger partial charge is 0.454 e. The van der Waals surface area contributed by atoms with Gasteiger partial charge in [0, 0.05) is 5.56 Å². The first-order valence-corrected chi connectivity index (χ1v) is 10.9. The second-order valence-corrected chi connectivity index (χ2v) is 8.53. The number of carbonyl (C=O) groups is 2. The number of rotatable bonds is 5. The fourth-order valence-corrected chi connectivity index (χ4v) is 4.23. The first-order valence-electron chi connectivity index (χ1n) is 10.9. The summed E-state index contributed by atoms with van der Waals surface area (Å²) < 4.78 is 16.1. The molecule has 0 N–H and O–H groups in total. The van der Waals surface area contributed by atoms with Gasteiger partial charge >= 0.3 is 0 Å². The Morgan fingerprint density at radius 3 is 2.62 bits per heavy atom. The molecule has 0 radical (unpaired) electrons. The Hall–Kier alpha value is -4.28. The molecule has 3 aromatic rings. The molecule has 0 aliphatic carbocycles. The van der Waals surface area contributed by atoms with Crippen molar-refractivity contribution in [3.05, 3.63) is 53.9 Å². The Bertz CT molecular complexity index is 1320. The third kappa shape index (κ3) is 3.19. The fraction of sp³-hybridized carbons (Fsp3) is 0.304. The molecule has 1 fully saturated rings. The standard InChI is InChI=1S/C23H20N6O5/c1-12(2)13-3-6-15(7-4-13)29-22(30)19-20(23(29)31)28(27-25-19)10-18-24-21(26-34-18)14-5-8-16-17(9-14)33-11-32-16/h3-9,12,19-20H,10-11H2,1-2H3/t19-,20+/m0/s1. The Kier molecular flexibility index (Phi) is 4.57. The second-order valence-electron chi connectivity index (χ2n) is 8.53. The van der Waals surface area contributed by atoms with Crippen LogP contribution < -0.4 is 14.4 Å². The van der Waals surface area contributed by atoms with Crippen LogP contribution in [0, 0.1) is 0 Å². The monoisotopic (exact) mass is 460 g/mol. The number of hydrogen-bond acceptors (Lipinski definition) is 10. The molecule has 0 saturated carbocycles. The van der Waals surface area contributed by atoms with Gasteiger partial charge < -0.3 is 14.0 Å². The van der Waals surface area contributed by atoms with Crippen molar-refractivity contribution in [1.29, 1.82) is 0 Å². The minimum atomic E-state index is -0.895. The molecule has 0 spiro atoms. The Labute approximate surface area is 193 Å². The van der Waals surface area contributed by atoms with Crippen LogP contribution in [0.1, 0.15) is 31.2 Å². The third-order valence-corrected chi connectivity index (χ3v) is 6.07. The maximum absolute atomic E-state index is 13.2. The highest BCUT2D eigenvalue weighted by Gasteiger charge is 2.55. The average molecular weight is 460 g/mol. The van der Waals surface area contributed by atoms with Gasteiger partial charge in [-0.2, -0.15) is 10.1 Å². The summed E-state index contributed by atoms with van der Waals surface area (Å²) in [5, 5.41) is 13.5. The van der Waals surface area contributed by atoms with Crippen LogP contribution in [0.3, 0.4) is 0 Å². The second kappa shape index (κ2) is 7.65. The molecule has 0 bridgehead atoms. The molecule has 4 heterocycles. The predicted molar refractivity (Wildman–Crippen MR) is 117 cm³/mol. The van der Waals surface area contributed by atoms with E-state index in [-0.39, 0.29) is 25.1 Å². The first kappa shape index (κ1) is 20.3. The lowest BCUT2D eigenvalue weighted by molar-refractivity contribution is -0.123. The number of ether oxygens (including phenoxy) is 2. The summed E-state index contributed by atoms with van der Waals surface area (Å²) in [4.78, 5) is 31.7.